The quantitative estimate of drug-likeness (QED) is 0.792. The Hall–Kier alpha value is -0.900. The van der Waals surface area contributed by atoms with E-state index >= 15 is 0 Å². The van der Waals surface area contributed by atoms with Crippen molar-refractivity contribution in [2.75, 3.05) is 0 Å². The van der Waals surface area contributed by atoms with Gasteiger partial charge >= 0.3 is 0 Å². The number of nitrogens with zero attached hydrogens (tertiary/aromatic N) is 1. The zero-order valence-electron chi connectivity index (χ0n) is 10.1. The molecule has 2 nitrogen and oxygen atoms in total. The standard InChI is InChI=1S/C13H12Cl2N2S/c1-3-11-16-12(7(2)13(18)17-11)9-6-8(14)4-5-10(9)15/h4-6H,3H2,1-2H3,(H,16,17,18). The van der Waals surface area contributed by atoms with Gasteiger partial charge in [-0.15, -0.1) is 0 Å². The first-order valence-electron chi connectivity index (χ1n) is 5.58. The monoisotopic (exact) mass is 298 g/mol. The minimum Gasteiger partial charge on any atom is -0.343 e. The molecular formula is C13H12Cl2N2S. The first-order chi connectivity index (χ1) is 8.52. The summed E-state index contributed by atoms with van der Waals surface area (Å²) in [5.41, 5.74) is 2.65. The molecule has 1 N–H and O–H groups in total. The van der Waals surface area contributed by atoms with Gasteiger partial charge in [0.2, 0.25) is 0 Å². The van der Waals surface area contributed by atoms with Gasteiger partial charge in [-0.05, 0) is 25.1 Å². The summed E-state index contributed by atoms with van der Waals surface area (Å²) >= 11 is 17.5. The number of hydrogen-bond donors (Lipinski definition) is 1. The Morgan fingerprint density at radius 2 is 2.06 bits per heavy atom. The van der Waals surface area contributed by atoms with Crippen molar-refractivity contribution in [1.29, 1.82) is 0 Å². The molecule has 1 heterocycles. The van der Waals surface area contributed by atoms with E-state index in [0.717, 1.165) is 29.1 Å². The minimum absolute atomic E-state index is 0.594. The Kier molecular flexibility index (Phi) is 4.05. The number of halogens is 2. The molecular weight excluding hydrogens is 287 g/mol. The van der Waals surface area contributed by atoms with E-state index in [1.807, 2.05) is 19.9 Å². The third kappa shape index (κ3) is 2.58. The van der Waals surface area contributed by atoms with E-state index in [1.165, 1.54) is 0 Å². The molecule has 0 amide bonds. The van der Waals surface area contributed by atoms with E-state index in [4.69, 9.17) is 35.4 Å². The molecule has 0 radical (unpaired) electrons. The van der Waals surface area contributed by atoms with E-state index in [1.54, 1.807) is 12.1 Å². The number of aromatic nitrogens is 2. The summed E-state index contributed by atoms with van der Waals surface area (Å²) in [4.78, 5) is 7.58. The smallest absolute Gasteiger partial charge is 0.133 e. The van der Waals surface area contributed by atoms with Gasteiger partial charge < -0.3 is 4.98 Å². The van der Waals surface area contributed by atoms with Crippen LogP contribution in [0.1, 0.15) is 18.3 Å². The topological polar surface area (TPSA) is 28.7 Å². The number of H-pyrrole nitrogens is 1. The summed E-state index contributed by atoms with van der Waals surface area (Å²) in [6.45, 7) is 3.95. The van der Waals surface area contributed by atoms with Gasteiger partial charge in [0.05, 0.1) is 5.69 Å². The van der Waals surface area contributed by atoms with Crippen LogP contribution in [0.4, 0.5) is 0 Å². The second-order valence-corrected chi connectivity index (χ2v) is 5.20. The summed E-state index contributed by atoms with van der Waals surface area (Å²) in [6.07, 6.45) is 0.787. The summed E-state index contributed by atoms with van der Waals surface area (Å²) in [6, 6.07) is 5.37. The molecule has 1 aromatic heterocycles. The molecule has 0 bridgehead atoms. The summed E-state index contributed by atoms with van der Waals surface area (Å²) < 4.78 is 0.594. The maximum absolute atomic E-state index is 6.22. The van der Waals surface area contributed by atoms with Gasteiger partial charge in [0.15, 0.2) is 0 Å². The molecule has 1 aromatic carbocycles. The van der Waals surface area contributed by atoms with Crippen molar-refractivity contribution in [1.82, 2.24) is 9.97 Å². The molecule has 0 saturated heterocycles. The average Bonchev–Trinajstić information content (AvgIpc) is 2.35. The van der Waals surface area contributed by atoms with Gasteiger partial charge in [-0.25, -0.2) is 4.98 Å². The summed E-state index contributed by atoms with van der Waals surface area (Å²) in [7, 11) is 0. The van der Waals surface area contributed by atoms with Gasteiger partial charge in [-0.2, -0.15) is 0 Å². The SMILES string of the molecule is CCc1nc(=S)c(C)c(-c2cc(Cl)ccc2Cl)[nH]1. The highest BCUT2D eigenvalue weighted by Crippen LogP contribution is 2.31. The lowest BCUT2D eigenvalue weighted by Gasteiger charge is -2.10. The largest absolute Gasteiger partial charge is 0.343 e. The highest BCUT2D eigenvalue weighted by atomic mass is 35.5. The molecule has 0 unspecified atom stereocenters. The van der Waals surface area contributed by atoms with Crippen molar-refractivity contribution in [3.05, 3.63) is 44.3 Å². The van der Waals surface area contributed by atoms with E-state index in [2.05, 4.69) is 9.97 Å². The fourth-order valence-corrected chi connectivity index (χ4v) is 2.30. The van der Waals surface area contributed by atoms with Gasteiger partial charge in [0.1, 0.15) is 10.5 Å². The van der Waals surface area contributed by atoms with E-state index in [-0.39, 0.29) is 0 Å². The number of aryl methyl sites for hydroxylation is 1. The van der Waals surface area contributed by atoms with E-state index in [9.17, 15) is 0 Å². The van der Waals surface area contributed by atoms with Gasteiger partial charge in [-0.1, -0.05) is 42.3 Å². The average molecular weight is 299 g/mol. The lowest BCUT2D eigenvalue weighted by Crippen LogP contribution is -1.99. The number of rotatable bonds is 2. The highest BCUT2D eigenvalue weighted by Gasteiger charge is 2.10. The Labute approximate surface area is 121 Å². The Bertz CT molecular complexity index is 650. The van der Waals surface area contributed by atoms with Crippen molar-refractivity contribution in [2.45, 2.75) is 20.3 Å². The first-order valence-corrected chi connectivity index (χ1v) is 6.74. The normalized spacial score (nSPS) is 10.7. The predicted molar refractivity (Wildman–Crippen MR) is 79.0 cm³/mol. The maximum atomic E-state index is 6.22. The molecule has 5 heteroatoms. The number of hydrogen-bond acceptors (Lipinski definition) is 2. The molecule has 2 rings (SSSR count). The Balaban J connectivity index is 2.74. The van der Waals surface area contributed by atoms with Gasteiger partial charge in [0.25, 0.3) is 0 Å². The molecule has 0 saturated carbocycles. The van der Waals surface area contributed by atoms with Gasteiger partial charge in [0, 0.05) is 27.6 Å². The Morgan fingerprint density at radius 1 is 1.33 bits per heavy atom. The van der Waals surface area contributed by atoms with Crippen LogP contribution in [-0.4, -0.2) is 9.97 Å². The van der Waals surface area contributed by atoms with Crippen molar-refractivity contribution >= 4 is 35.4 Å². The van der Waals surface area contributed by atoms with Crippen molar-refractivity contribution in [3.63, 3.8) is 0 Å². The first kappa shape index (κ1) is 13.5. The van der Waals surface area contributed by atoms with E-state index in [0.29, 0.717) is 14.7 Å². The van der Waals surface area contributed by atoms with Crippen LogP contribution in [0, 0.1) is 11.6 Å². The number of aromatic amines is 1. The third-order valence-corrected chi connectivity index (χ3v) is 3.70. The molecule has 0 spiro atoms. The minimum atomic E-state index is 0.594. The van der Waals surface area contributed by atoms with Crippen molar-refractivity contribution in [2.24, 2.45) is 0 Å². The molecule has 2 aromatic rings. The molecule has 0 fully saturated rings. The molecule has 0 aliphatic carbocycles. The second kappa shape index (κ2) is 5.39. The summed E-state index contributed by atoms with van der Waals surface area (Å²) in [5.74, 6) is 0.844. The summed E-state index contributed by atoms with van der Waals surface area (Å²) in [5, 5.41) is 1.28. The molecule has 0 aliphatic heterocycles. The zero-order valence-corrected chi connectivity index (χ0v) is 12.4. The van der Waals surface area contributed by atoms with Crippen LogP contribution in [0.5, 0.6) is 0 Å². The zero-order chi connectivity index (χ0) is 13.3. The predicted octanol–water partition coefficient (Wildman–Crippen LogP) is 4.98. The molecule has 18 heavy (non-hydrogen) atoms. The lowest BCUT2D eigenvalue weighted by molar-refractivity contribution is 0.926. The van der Waals surface area contributed by atoms with E-state index < -0.39 is 0 Å². The van der Waals surface area contributed by atoms with Crippen molar-refractivity contribution < 1.29 is 0 Å². The fourth-order valence-electron chi connectivity index (χ4n) is 1.71. The van der Waals surface area contributed by atoms with Crippen molar-refractivity contribution in [3.8, 4) is 11.3 Å². The van der Waals surface area contributed by atoms with Crippen LogP contribution < -0.4 is 0 Å². The lowest BCUT2D eigenvalue weighted by atomic mass is 10.1. The van der Waals surface area contributed by atoms with Gasteiger partial charge in [-0.3, -0.25) is 0 Å². The van der Waals surface area contributed by atoms with Crippen LogP contribution >= 0.6 is 35.4 Å². The number of nitrogens with one attached hydrogen (secondary N) is 1. The molecule has 0 aliphatic rings. The van der Waals surface area contributed by atoms with Crippen LogP contribution in [0.2, 0.25) is 10.0 Å². The fraction of sp³-hybridized carbons (Fsp3) is 0.231. The van der Waals surface area contributed by atoms with Crippen LogP contribution in [0.3, 0.4) is 0 Å². The van der Waals surface area contributed by atoms with Crippen LogP contribution in [-0.2, 0) is 6.42 Å². The third-order valence-electron chi connectivity index (χ3n) is 2.73. The van der Waals surface area contributed by atoms with Crippen LogP contribution in [0.25, 0.3) is 11.3 Å². The number of benzene rings is 1. The maximum Gasteiger partial charge on any atom is 0.133 e. The second-order valence-electron chi connectivity index (χ2n) is 3.97. The molecule has 0 atom stereocenters. The van der Waals surface area contributed by atoms with Crippen LogP contribution in [0.15, 0.2) is 18.2 Å². The molecule has 94 valence electrons. The Morgan fingerprint density at radius 3 is 2.72 bits per heavy atom. The highest BCUT2D eigenvalue weighted by molar-refractivity contribution is 7.71.